The lowest BCUT2D eigenvalue weighted by atomic mass is 9.87. The molecule has 5 aromatic rings. The number of benzene rings is 5. The van der Waals surface area contributed by atoms with Crippen molar-refractivity contribution in [2.45, 2.75) is 46.1 Å². The molecule has 0 radical (unpaired) electrons. The van der Waals surface area contributed by atoms with Gasteiger partial charge in [0.25, 0.3) is 0 Å². The van der Waals surface area contributed by atoms with E-state index in [1.54, 1.807) is 0 Å². The Morgan fingerprint density at radius 1 is 0.600 bits per heavy atom. The molecule has 5 aromatic carbocycles. The van der Waals surface area contributed by atoms with Crippen LogP contribution in [-0.2, 0) is 5.41 Å². The second-order valence-electron chi connectivity index (χ2n) is 9.74. The van der Waals surface area contributed by atoms with E-state index in [1.807, 2.05) is 0 Å². The summed E-state index contributed by atoms with van der Waals surface area (Å²) >= 11 is 0. The zero-order chi connectivity index (χ0) is 21.0. The van der Waals surface area contributed by atoms with E-state index in [1.165, 1.54) is 49.3 Å². The molecule has 1 heteroatoms. The number of hydrogen-bond donors (Lipinski definition) is 0. The summed E-state index contributed by atoms with van der Waals surface area (Å²) in [6.45, 7) is 11.3. The summed E-state index contributed by atoms with van der Waals surface area (Å²) in [7, 11) is 0. The fourth-order valence-corrected chi connectivity index (χ4v) is 4.74. The van der Waals surface area contributed by atoms with Crippen LogP contribution in [0.3, 0.4) is 0 Å². The third-order valence-corrected chi connectivity index (χ3v) is 6.25. The van der Waals surface area contributed by atoms with Crippen molar-refractivity contribution in [3.05, 3.63) is 84.4 Å². The predicted molar refractivity (Wildman–Crippen MR) is 133 cm³/mol. The molecule has 0 amide bonds. The molecule has 0 aliphatic heterocycles. The van der Waals surface area contributed by atoms with Crippen molar-refractivity contribution < 1.29 is 0 Å². The Morgan fingerprint density at radius 2 is 1.10 bits per heavy atom. The van der Waals surface area contributed by atoms with E-state index in [-0.39, 0.29) is 5.41 Å². The average molecular weight is 392 g/mol. The molecule has 0 spiro atoms. The molecule has 1 nitrogen and oxygen atoms in total. The number of nitrogens with zero attached hydrogens (tertiary/aromatic N) is 1. The second-order valence-corrected chi connectivity index (χ2v) is 9.74. The van der Waals surface area contributed by atoms with Gasteiger partial charge in [-0.05, 0) is 81.4 Å². The number of anilines is 2. The van der Waals surface area contributed by atoms with Gasteiger partial charge in [-0.15, -0.1) is 0 Å². The molecule has 30 heavy (non-hydrogen) atoms. The highest BCUT2D eigenvalue weighted by Gasteiger charge is 2.18. The quantitative estimate of drug-likeness (QED) is 0.279. The maximum absolute atomic E-state index is 2.45. The van der Waals surface area contributed by atoms with Crippen molar-refractivity contribution >= 4 is 43.7 Å². The Kier molecular flexibility index (Phi) is 4.25. The van der Waals surface area contributed by atoms with Crippen LogP contribution in [0.1, 0.15) is 40.2 Å². The molecule has 0 heterocycles. The van der Waals surface area contributed by atoms with E-state index in [0.29, 0.717) is 6.04 Å². The van der Waals surface area contributed by atoms with Gasteiger partial charge in [0.15, 0.2) is 0 Å². The summed E-state index contributed by atoms with van der Waals surface area (Å²) in [6.07, 6.45) is 0. The van der Waals surface area contributed by atoms with E-state index < -0.39 is 0 Å². The van der Waals surface area contributed by atoms with Crippen molar-refractivity contribution in [2.75, 3.05) is 4.90 Å². The molecule has 0 aliphatic rings. The van der Waals surface area contributed by atoms with E-state index in [0.717, 1.165) is 0 Å². The van der Waals surface area contributed by atoms with Gasteiger partial charge in [-0.3, -0.25) is 0 Å². The molecule has 150 valence electrons. The van der Waals surface area contributed by atoms with Crippen LogP contribution in [0, 0.1) is 0 Å². The second kappa shape index (κ2) is 6.74. The SMILES string of the molecule is CC(C)N(c1ccc(C(C)(C)C)cc1)c1cc2ccc3cccc4ccc(c1)c2c34. The van der Waals surface area contributed by atoms with E-state index in [4.69, 9.17) is 0 Å². The monoisotopic (exact) mass is 391 g/mol. The summed E-state index contributed by atoms with van der Waals surface area (Å²) in [4.78, 5) is 2.45. The maximum atomic E-state index is 2.45. The third-order valence-electron chi connectivity index (χ3n) is 6.25. The molecule has 5 rings (SSSR count). The highest BCUT2D eigenvalue weighted by Crippen LogP contribution is 2.39. The van der Waals surface area contributed by atoms with Crippen molar-refractivity contribution in [1.29, 1.82) is 0 Å². The summed E-state index contributed by atoms with van der Waals surface area (Å²) in [5.41, 5.74) is 4.02. The van der Waals surface area contributed by atoms with Crippen LogP contribution in [0.15, 0.2) is 78.9 Å². The Bertz CT molecular complexity index is 1270. The third kappa shape index (κ3) is 3.01. The van der Waals surface area contributed by atoms with Crippen LogP contribution in [0.25, 0.3) is 32.3 Å². The first-order valence-electron chi connectivity index (χ1n) is 10.9. The van der Waals surface area contributed by atoms with Crippen LogP contribution in [0.5, 0.6) is 0 Å². The van der Waals surface area contributed by atoms with Gasteiger partial charge >= 0.3 is 0 Å². The van der Waals surface area contributed by atoms with E-state index in [2.05, 4.69) is 118 Å². The largest absolute Gasteiger partial charge is 0.339 e. The molecule has 0 saturated carbocycles. The Morgan fingerprint density at radius 3 is 1.60 bits per heavy atom. The fourth-order valence-electron chi connectivity index (χ4n) is 4.74. The lowest BCUT2D eigenvalue weighted by molar-refractivity contribution is 0.590. The lowest BCUT2D eigenvalue weighted by Crippen LogP contribution is -2.25. The average Bonchev–Trinajstić information content (AvgIpc) is 2.71. The smallest absolute Gasteiger partial charge is 0.0425 e. The van der Waals surface area contributed by atoms with Crippen LogP contribution in [-0.4, -0.2) is 6.04 Å². The molecular weight excluding hydrogens is 362 g/mol. The summed E-state index contributed by atoms with van der Waals surface area (Å²) in [6, 6.07) is 29.8. The predicted octanol–water partition coefficient (Wildman–Crippen LogP) is 8.43. The van der Waals surface area contributed by atoms with Gasteiger partial charge < -0.3 is 4.90 Å². The molecular formula is C29H29N. The van der Waals surface area contributed by atoms with Crippen molar-refractivity contribution in [3.8, 4) is 0 Å². The molecule has 0 aliphatic carbocycles. The zero-order valence-electron chi connectivity index (χ0n) is 18.5. The Labute approximate surface area is 179 Å². The Hall–Kier alpha value is -3.06. The van der Waals surface area contributed by atoms with Crippen molar-refractivity contribution in [1.82, 2.24) is 0 Å². The lowest BCUT2D eigenvalue weighted by Gasteiger charge is -2.31. The Balaban J connectivity index is 1.69. The number of hydrogen-bond acceptors (Lipinski definition) is 1. The molecule has 0 unspecified atom stereocenters. The number of rotatable bonds is 3. The van der Waals surface area contributed by atoms with Gasteiger partial charge in [-0.2, -0.15) is 0 Å². The topological polar surface area (TPSA) is 3.24 Å². The normalized spacial score (nSPS) is 12.5. The van der Waals surface area contributed by atoms with Crippen molar-refractivity contribution in [3.63, 3.8) is 0 Å². The first-order chi connectivity index (χ1) is 14.3. The van der Waals surface area contributed by atoms with Gasteiger partial charge in [0.1, 0.15) is 0 Å². The van der Waals surface area contributed by atoms with Gasteiger partial charge in [0.2, 0.25) is 0 Å². The minimum atomic E-state index is 0.165. The summed E-state index contributed by atoms with van der Waals surface area (Å²) in [5, 5.41) is 8.01. The minimum Gasteiger partial charge on any atom is -0.339 e. The van der Waals surface area contributed by atoms with Crippen LogP contribution in [0.2, 0.25) is 0 Å². The molecule has 0 N–H and O–H groups in total. The first kappa shape index (κ1) is 18.9. The van der Waals surface area contributed by atoms with Gasteiger partial charge in [0.05, 0.1) is 0 Å². The van der Waals surface area contributed by atoms with Crippen LogP contribution in [0.4, 0.5) is 11.4 Å². The van der Waals surface area contributed by atoms with Crippen LogP contribution < -0.4 is 4.90 Å². The summed E-state index contributed by atoms with van der Waals surface area (Å²) in [5.74, 6) is 0. The zero-order valence-corrected chi connectivity index (χ0v) is 18.5. The van der Waals surface area contributed by atoms with Crippen LogP contribution >= 0.6 is 0 Å². The van der Waals surface area contributed by atoms with Gasteiger partial charge in [0, 0.05) is 17.4 Å². The van der Waals surface area contributed by atoms with E-state index in [9.17, 15) is 0 Å². The molecule has 0 atom stereocenters. The van der Waals surface area contributed by atoms with E-state index >= 15 is 0 Å². The summed E-state index contributed by atoms with van der Waals surface area (Å²) < 4.78 is 0. The highest BCUT2D eigenvalue weighted by molar-refractivity contribution is 6.23. The standard InChI is InChI=1S/C29H29N/c1-19(2)30(25-15-13-24(14-16-25)29(3,4)5)26-17-22-11-9-20-7-6-8-21-10-12-23(18-26)28(22)27(20)21/h6-19H,1-5H3. The van der Waals surface area contributed by atoms with Gasteiger partial charge in [-0.1, -0.05) is 75.4 Å². The fraction of sp³-hybridized carbons (Fsp3) is 0.241. The molecule has 0 aromatic heterocycles. The molecule has 0 saturated heterocycles. The first-order valence-corrected chi connectivity index (χ1v) is 10.9. The molecule has 0 fully saturated rings. The highest BCUT2D eigenvalue weighted by atomic mass is 15.2. The van der Waals surface area contributed by atoms with Gasteiger partial charge in [-0.25, -0.2) is 0 Å². The molecule has 0 bridgehead atoms. The van der Waals surface area contributed by atoms with Crippen molar-refractivity contribution in [2.24, 2.45) is 0 Å². The minimum absolute atomic E-state index is 0.165. The maximum Gasteiger partial charge on any atom is 0.0425 e.